The molecular weight excluding hydrogens is 270 g/mol. The summed E-state index contributed by atoms with van der Waals surface area (Å²) in [5.41, 5.74) is -4.40. The second kappa shape index (κ2) is 4.50. The van der Waals surface area contributed by atoms with Crippen molar-refractivity contribution < 1.29 is 36.2 Å². The Hall–Kier alpha value is -1.74. The molecule has 1 aromatic rings. The third kappa shape index (κ3) is 2.93. The quantitative estimate of drug-likeness (QED) is 0.829. The Bertz CT molecular complexity index is 453. The van der Waals surface area contributed by atoms with Crippen LogP contribution in [0.3, 0.4) is 0 Å². The van der Waals surface area contributed by atoms with E-state index in [2.05, 4.69) is 5.10 Å². The molecule has 0 amide bonds. The Balaban J connectivity index is 3.26. The van der Waals surface area contributed by atoms with Gasteiger partial charge < -0.3 is 5.11 Å². The van der Waals surface area contributed by atoms with Gasteiger partial charge >= 0.3 is 12.1 Å². The zero-order chi connectivity index (χ0) is 14.1. The highest BCUT2D eigenvalue weighted by Crippen LogP contribution is 2.35. The molecule has 0 saturated heterocycles. The summed E-state index contributed by atoms with van der Waals surface area (Å²) in [5, 5.41) is 12.8. The molecule has 0 atom stereocenters. The number of aromatic carboxylic acids is 1. The second-order valence-corrected chi connectivity index (χ2v) is 3.40. The van der Waals surface area contributed by atoms with Gasteiger partial charge in [0, 0.05) is 0 Å². The lowest BCUT2D eigenvalue weighted by molar-refractivity contribution is -0.139. The van der Waals surface area contributed by atoms with Gasteiger partial charge in [-0.1, -0.05) is 0 Å². The molecule has 1 rings (SSSR count). The Morgan fingerprint density at radius 1 is 1.28 bits per heavy atom. The van der Waals surface area contributed by atoms with Gasteiger partial charge in [-0.05, 0) is 0 Å². The molecule has 0 aliphatic carbocycles. The smallest absolute Gasteiger partial charge is 0.420 e. The van der Waals surface area contributed by atoms with Gasteiger partial charge in [0.15, 0.2) is 12.4 Å². The normalized spacial score (nSPS) is 12.8. The van der Waals surface area contributed by atoms with Crippen LogP contribution in [0.2, 0.25) is 0 Å². The van der Waals surface area contributed by atoms with E-state index in [9.17, 15) is 31.1 Å². The van der Waals surface area contributed by atoms with Crippen LogP contribution in [0.4, 0.5) is 26.3 Å². The maximum atomic E-state index is 12.7. The molecule has 1 heterocycles. The van der Waals surface area contributed by atoms with Gasteiger partial charge in [-0.25, -0.2) is 18.0 Å². The lowest BCUT2D eigenvalue weighted by Gasteiger charge is -2.13. The molecule has 1 aromatic heterocycles. The molecule has 102 valence electrons. The number of carbonyl (C=O) groups is 1. The molecule has 0 saturated carbocycles. The van der Waals surface area contributed by atoms with E-state index < -0.39 is 48.1 Å². The second-order valence-electron chi connectivity index (χ2n) is 3.40. The Morgan fingerprint density at radius 2 is 1.83 bits per heavy atom. The van der Waals surface area contributed by atoms with Crippen molar-refractivity contribution in [2.45, 2.75) is 18.5 Å². The van der Waals surface area contributed by atoms with Crippen LogP contribution in [0, 0.1) is 0 Å². The molecule has 0 bridgehead atoms. The number of hydrogen-bond donors (Lipinski definition) is 2. The van der Waals surface area contributed by atoms with Crippen molar-refractivity contribution in [1.82, 2.24) is 10.2 Å². The monoisotopic (exact) mass is 276 g/mol. The number of carboxylic acids is 1. The summed E-state index contributed by atoms with van der Waals surface area (Å²) in [6, 6.07) is 0. The fourth-order valence-electron chi connectivity index (χ4n) is 1.27. The molecular formula is C8H6F6N2O2. The summed E-state index contributed by atoms with van der Waals surface area (Å²) < 4.78 is 74.8. The molecule has 2 N–H and O–H groups in total. The summed E-state index contributed by atoms with van der Waals surface area (Å²) in [5.74, 6) is -6.05. The van der Waals surface area contributed by atoms with E-state index in [-0.39, 0.29) is 0 Å². The lowest BCUT2D eigenvalue weighted by Crippen LogP contribution is -2.24. The average molecular weight is 276 g/mol. The van der Waals surface area contributed by atoms with Crippen LogP contribution in [0.5, 0.6) is 0 Å². The molecule has 4 nitrogen and oxygen atoms in total. The zero-order valence-corrected chi connectivity index (χ0v) is 8.48. The van der Waals surface area contributed by atoms with E-state index in [1.807, 2.05) is 0 Å². The van der Waals surface area contributed by atoms with Crippen LogP contribution in [0.15, 0.2) is 0 Å². The first kappa shape index (κ1) is 14.3. The Labute approximate surface area is 95.6 Å². The average Bonchev–Trinajstić information content (AvgIpc) is 2.60. The number of nitrogens with one attached hydrogen (secondary N) is 1. The van der Waals surface area contributed by atoms with E-state index in [1.54, 1.807) is 5.10 Å². The highest BCUT2D eigenvalue weighted by Gasteiger charge is 2.43. The van der Waals surface area contributed by atoms with Crippen molar-refractivity contribution in [3.05, 3.63) is 17.0 Å². The number of halogens is 6. The minimum Gasteiger partial charge on any atom is -0.476 e. The van der Waals surface area contributed by atoms with Crippen LogP contribution in [-0.2, 0) is 12.6 Å². The van der Waals surface area contributed by atoms with Crippen LogP contribution in [0.25, 0.3) is 0 Å². The van der Waals surface area contributed by atoms with Gasteiger partial charge in [0.1, 0.15) is 5.56 Å². The first-order valence-electron chi connectivity index (χ1n) is 4.40. The third-order valence-electron chi connectivity index (χ3n) is 1.96. The number of H-pyrrole nitrogens is 1. The highest BCUT2D eigenvalue weighted by atomic mass is 19.4. The predicted octanol–water partition coefficient (Wildman–Crippen LogP) is 2.27. The first-order chi connectivity index (χ1) is 8.08. The van der Waals surface area contributed by atoms with E-state index in [4.69, 9.17) is 5.11 Å². The van der Waals surface area contributed by atoms with Crippen LogP contribution in [0.1, 0.15) is 21.7 Å². The van der Waals surface area contributed by atoms with Crippen molar-refractivity contribution in [1.29, 1.82) is 0 Å². The zero-order valence-electron chi connectivity index (χ0n) is 8.48. The summed E-state index contributed by atoms with van der Waals surface area (Å²) in [6.45, 7) is -2.16. The number of carboxylic acid groups (broad SMARTS) is 1. The molecule has 0 spiro atoms. The molecule has 0 radical (unpaired) electrons. The number of rotatable bonds is 4. The first-order valence-corrected chi connectivity index (χ1v) is 4.40. The SMILES string of the molecule is O=C(O)c1n[nH]c(CC(F)(F)CF)c1C(F)(F)F. The molecule has 10 heteroatoms. The van der Waals surface area contributed by atoms with E-state index >= 15 is 0 Å². The van der Waals surface area contributed by atoms with Gasteiger partial charge in [0.2, 0.25) is 0 Å². The van der Waals surface area contributed by atoms with Crippen LogP contribution >= 0.6 is 0 Å². The Kier molecular flexibility index (Phi) is 3.58. The van der Waals surface area contributed by atoms with Gasteiger partial charge in [-0.2, -0.15) is 18.3 Å². The number of aromatic nitrogens is 2. The molecule has 0 aliphatic rings. The summed E-state index contributed by atoms with van der Waals surface area (Å²) in [7, 11) is 0. The Morgan fingerprint density at radius 3 is 2.22 bits per heavy atom. The summed E-state index contributed by atoms with van der Waals surface area (Å²) in [6.07, 6.45) is -6.79. The van der Waals surface area contributed by atoms with Gasteiger partial charge in [-0.15, -0.1) is 0 Å². The fraction of sp³-hybridized carbons (Fsp3) is 0.500. The fourth-order valence-corrected chi connectivity index (χ4v) is 1.27. The van der Waals surface area contributed by atoms with E-state index in [0.29, 0.717) is 0 Å². The topological polar surface area (TPSA) is 66.0 Å². The van der Waals surface area contributed by atoms with Crippen molar-refractivity contribution in [2.75, 3.05) is 6.67 Å². The highest BCUT2D eigenvalue weighted by molar-refractivity contribution is 5.87. The summed E-state index contributed by atoms with van der Waals surface area (Å²) >= 11 is 0. The van der Waals surface area contributed by atoms with E-state index in [0.717, 1.165) is 0 Å². The van der Waals surface area contributed by atoms with Crippen molar-refractivity contribution in [3.8, 4) is 0 Å². The molecule has 0 unspecified atom stereocenters. The summed E-state index contributed by atoms with van der Waals surface area (Å²) in [4.78, 5) is 10.5. The molecule has 0 fully saturated rings. The number of nitrogens with zero attached hydrogens (tertiary/aromatic N) is 1. The minimum atomic E-state index is -5.18. The largest absolute Gasteiger partial charge is 0.476 e. The number of alkyl halides is 6. The maximum absolute atomic E-state index is 12.7. The standard InChI is InChI=1S/C8H6F6N2O2/c9-2-7(10,11)1-3-4(8(12,13)14)5(6(17)18)16-15-3/h1-2H2,(H,15,16)(H,17,18). The van der Waals surface area contributed by atoms with Gasteiger partial charge in [0.25, 0.3) is 5.92 Å². The number of hydrogen-bond acceptors (Lipinski definition) is 2. The molecule has 0 aliphatic heterocycles. The molecule has 0 aromatic carbocycles. The van der Waals surface area contributed by atoms with Gasteiger partial charge in [-0.3, -0.25) is 5.10 Å². The number of aromatic amines is 1. The van der Waals surface area contributed by atoms with Crippen molar-refractivity contribution in [3.63, 3.8) is 0 Å². The third-order valence-corrected chi connectivity index (χ3v) is 1.96. The van der Waals surface area contributed by atoms with Crippen LogP contribution < -0.4 is 0 Å². The maximum Gasteiger partial charge on any atom is 0.420 e. The van der Waals surface area contributed by atoms with Crippen LogP contribution in [-0.4, -0.2) is 33.9 Å². The van der Waals surface area contributed by atoms with Crippen molar-refractivity contribution in [2.24, 2.45) is 0 Å². The van der Waals surface area contributed by atoms with E-state index in [1.165, 1.54) is 0 Å². The lowest BCUT2D eigenvalue weighted by atomic mass is 10.1. The molecule has 18 heavy (non-hydrogen) atoms. The van der Waals surface area contributed by atoms with Crippen molar-refractivity contribution >= 4 is 5.97 Å². The predicted molar refractivity (Wildman–Crippen MR) is 45.2 cm³/mol. The minimum absolute atomic E-state index is 1.16. The van der Waals surface area contributed by atoms with Gasteiger partial charge in [0.05, 0.1) is 12.1 Å².